The number of nitrogens with two attached hydrogens (primary N) is 1. The summed E-state index contributed by atoms with van der Waals surface area (Å²) >= 11 is 0. The molecule has 232 valence electrons. The summed E-state index contributed by atoms with van der Waals surface area (Å²) in [5.74, 6) is -1.41. The number of allylic oxidation sites excluding steroid dienone is 2. The van der Waals surface area contributed by atoms with Gasteiger partial charge in [-0.1, -0.05) is 44.2 Å². The van der Waals surface area contributed by atoms with Crippen LogP contribution in [0.2, 0.25) is 0 Å². The van der Waals surface area contributed by atoms with Crippen molar-refractivity contribution in [3.63, 3.8) is 0 Å². The Morgan fingerprint density at radius 2 is 1.93 bits per heavy atom. The zero-order valence-electron chi connectivity index (χ0n) is 25.2. The van der Waals surface area contributed by atoms with E-state index in [9.17, 15) is 24.9 Å². The van der Waals surface area contributed by atoms with Gasteiger partial charge in [-0.25, -0.2) is 4.79 Å². The van der Waals surface area contributed by atoms with Crippen LogP contribution in [0.25, 0.3) is 0 Å². The van der Waals surface area contributed by atoms with Crippen LogP contribution in [0, 0.1) is 11.8 Å². The molecule has 0 aliphatic carbocycles. The van der Waals surface area contributed by atoms with Crippen molar-refractivity contribution in [2.45, 2.75) is 65.0 Å². The minimum absolute atomic E-state index is 0.0416. The number of hydrogen-bond donors (Lipinski definition) is 6. The molecule has 1 aliphatic heterocycles. The lowest BCUT2D eigenvalue weighted by molar-refractivity contribution is -0.112. The largest absolute Gasteiger partial charge is 0.506 e. The number of hydrogen-bond acceptors (Lipinski definition) is 9. The molecule has 2 amide bonds. The number of nitrogens with one attached hydrogen (secondary N) is 2. The van der Waals surface area contributed by atoms with Gasteiger partial charge in [0.25, 0.3) is 5.91 Å². The molecule has 1 aliphatic rings. The maximum Gasteiger partial charge on any atom is 0.405 e. The Morgan fingerprint density at radius 1 is 1.24 bits per heavy atom. The third-order valence-electron chi connectivity index (χ3n) is 7.25. The van der Waals surface area contributed by atoms with Gasteiger partial charge < -0.3 is 45.9 Å². The zero-order valence-corrected chi connectivity index (χ0v) is 25.2. The summed E-state index contributed by atoms with van der Waals surface area (Å²) in [5, 5.41) is 39.1. The van der Waals surface area contributed by atoms with Gasteiger partial charge >= 0.3 is 6.09 Å². The van der Waals surface area contributed by atoms with Gasteiger partial charge in [0.2, 0.25) is 0 Å². The molecular weight excluding hydrogens is 542 g/mol. The van der Waals surface area contributed by atoms with E-state index in [2.05, 4.69) is 17.2 Å². The van der Waals surface area contributed by atoms with Gasteiger partial charge in [0.15, 0.2) is 6.10 Å². The number of carbonyl (C=O) groups excluding carboxylic acids is 2. The fourth-order valence-electron chi connectivity index (χ4n) is 4.98. The quantitative estimate of drug-likeness (QED) is 0.162. The first-order chi connectivity index (χ1) is 19.8. The Kier molecular flexibility index (Phi) is 13.1. The Labute approximate surface area is 247 Å². The predicted molar refractivity (Wildman–Crippen MR) is 162 cm³/mol. The van der Waals surface area contributed by atoms with Crippen molar-refractivity contribution in [1.82, 2.24) is 0 Å². The van der Waals surface area contributed by atoms with Crippen molar-refractivity contribution >= 4 is 23.4 Å². The summed E-state index contributed by atoms with van der Waals surface area (Å²) in [7, 11) is 2.95. The highest BCUT2D eigenvalue weighted by Crippen LogP contribution is 2.42. The molecule has 0 spiro atoms. The average Bonchev–Trinajstić information content (AvgIpc) is 2.94. The number of phenols is 2. The zero-order chi connectivity index (χ0) is 31.6. The number of phenolic OH excluding ortho intramolecular Hbond substituents is 2. The van der Waals surface area contributed by atoms with E-state index in [1.165, 1.54) is 26.4 Å². The Hall–Kier alpha value is -3.80. The molecule has 0 saturated carbocycles. The summed E-state index contributed by atoms with van der Waals surface area (Å²) in [6.45, 7) is 11.1. The highest BCUT2D eigenvalue weighted by atomic mass is 16.6. The molecule has 1 aromatic rings. The second kappa shape index (κ2) is 16.0. The Morgan fingerprint density at radius 3 is 2.52 bits per heavy atom. The number of fused-ring (bicyclic) bond motifs is 2. The van der Waals surface area contributed by atoms with Crippen LogP contribution in [-0.4, -0.2) is 72.5 Å². The molecule has 1 aromatic carbocycles. The second-order valence-corrected chi connectivity index (χ2v) is 10.6. The van der Waals surface area contributed by atoms with Crippen molar-refractivity contribution < 1.29 is 39.1 Å². The fraction of sp³-hybridized carbons (Fsp3) is 0.484. The average molecular weight is 588 g/mol. The first-order valence-electron chi connectivity index (χ1n) is 13.8. The molecule has 0 aromatic heterocycles. The maximum absolute atomic E-state index is 13.0. The maximum atomic E-state index is 13.0. The van der Waals surface area contributed by atoms with Gasteiger partial charge in [0.05, 0.1) is 23.6 Å². The van der Waals surface area contributed by atoms with Crippen LogP contribution < -0.4 is 16.4 Å². The minimum atomic E-state index is -0.990. The molecular formula is C31H45N3O8. The molecule has 0 radical (unpaired) electrons. The van der Waals surface area contributed by atoms with E-state index in [0.29, 0.717) is 41.8 Å². The fourth-order valence-corrected chi connectivity index (χ4v) is 4.98. The molecule has 2 rings (SSSR count). The van der Waals surface area contributed by atoms with E-state index < -0.39 is 42.3 Å². The highest BCUT2D eigenvalue weighted by molar-refractivity contribution is 6.04. The third-order valence-corrected chi connectivity index (χ3v) is 7.25. The number of anilines is 2. The highest BCUT2D eigenvalue weighted by Gasteiger charge is 2.30. The number of amides is 2. The molecule has 11 heteroatoms. The molecule has 0 unspecified atom stereocenters. The van der Waals surface area contributed by atoms with E-state index in [1.54, 1.807) is 38.2 Å². The van der Waals surface area contributed by atoms with E-state index in [4.69, 9.17) is 19.9 Å². The number of methoxy groups -OCH3 is 2. The minimum Gasteiger partial charge on any atom is -0.506 e. The molecule has 42 heavy (non-hydrogen) atoms. The van der Waals surface area contributed by atoms with Crippen LogP contribution in [0.5, 0.6) is 11.5 Å². The van der Waals surface area contributed by atoms with Gasteiger partial charge in [0, 0.05) is 43.9 Å². The van der Waals surface area contributed by atoms with Crippen LogP contribution in [0.4, 0.5) is 16.2 Å². The third kappa shape index (κ3) is 9.10. The van der Waals surface area contributed by atoms with E-state index >= 15 is 0 Å². The van der Waals surface area contributed by atoms with Crippen LogP contribution in [0.15, 0.2) is 54.2 Å². The summed E-state index contributed by atoms with van der Waals surface area (Å²) in [5.41, 5.74) is 7.01. The lowest BCUT2D eigenvalue weighted by Crippen LogP contribution is -2.37. The monoisotopic (exact) mass is 587 g/mol. The molecule has 0 saturated heterocycles. The first-order valence-corrected chi connectivity index (χ1v) is 13.8. The van der Waals surface area contributed by atoms with Crippen molar-refractivity contribution in [2.24, 2.45) is 17.6 Å². The van der Waals surface area contributed by atoms with Gasteiger partial charge in [0.1, 0.15) is 17.6 Å². The van der Waals surface area contributed by atoms with Crippen LogP contribution in [0.3, 0.4) is 0 Å². The SMILES string of the molecule is C=CCNc1c(O)cc2c(O)c1C[C@H](C)C[C@@H](OC)[C@H](O)[C@@H](C)/C=C(\C)[C@H](OC(N)=O)[C@@H](OC)/C=C\C=C(/C)C(=O)N2. The molecule has 0 fully saturated rings. The predicted octanol–water partition coefficient (Wildman–Crippen LogP) is 4.16. The smallest absolute Gasteiger partial charge is 0.405 e. The number of aliphatic hydroxyl groups excluding tert-OH is 1. The number of aliphatic hydroxyl groups is 1. The number of ether oxygens (including phenoxy) is 3. The molecule has 2 bridgehead atoms. The molecule has 11 nitrogen and oxygen atoms in total. The first kappa shape index (κ1) is 34.4. The van der Waals surface area contributed by atoms with E-state index in [1.807, 2.05) is 13.8 Å². The normalized spacial score (nSPS) is 29.3. The number of benzene rings is 1. The van der Waals surface area contributed by atoms with Crippen molar-refractivity contribution in [3.05, 3.63) is 59.7 Å². The van der Waals surface area contributed by atoms with Gasteiger partial charge in [-0.3, -0.25) is 4.79 Å². The lowest BCUT2D eigenvalue weighted by atomic mass is 9.87. The van der Waals surface area contributed by atoms with Gasteiger partial charge in [-0.2, -0.15) is 0 Å². The standard InChI is InChI=1S/C31H45N3O8/c1-8-12-33-26-21-13-17(2)14-25(41-7)27(36)19(4)15-20(5)29(42-31(32)39)24(40-6)11-9-10-18(3)30(38)34-22(28(21)37)16-23(26)35/h8-11,15-17,19,24-25,27,29,33,35-37H,1,12-14H2,2-7H3,(H2,32,39)(H,34,38)/b11-9-,18-10+,20-15+/t17-,19-,24-,25+,27+,29-/m0/s1. The number of rotatable bonds is 6. The summed E-state index contributed by atoms with van der Waals surface area (Å²) in [6, 6.07) is 1.28. The Bertz CT molecular complexity index is 1210. The topological polar surface area (TPSA) is 173 Å². The molecule has 1 heterocycles. The van der Waals surface area contributed by atoms with Crippen LogP contribution >= 0.6 is 0 Å². The number of primary amides is 1. The summed E-state index contributed by atoms with van der Waals surface area (Å²) in [6.07, 6.45) is 4.64. The van der Waals surface area contributed by atoms with Crippen LogP contribution in [0.1, 0.15) is 39.7 Å². The molecule has 6 atom stereocenters. The van der Waals surface area contributed by atoms with Gasteiger partial charge in [-0.15, -0.1) is 6.58 Å². The second-order valence-electron chi connectivity index (χ2n) is 10.6. The van der Waals surface area contributed by atoms with Crippen molar-refractivity contribution in [3.8, 4) is 11.5 Å². The van der Waals surface area contributed by atoms with Crippen molar-refractivity contribution in [2.75, 3.05) is 31.4 Å². The Balaban J connectivity index is 2.67. The van der Waals surface area contributed by atoms with Crippen molar-refractivity contribution in [1.29, 1.82) is 0 Å². The van der Waals surface area contributed by atoms with E-state index in [-0.39, 0.29) is 23.1 Å². The summed E-state index contributed by atoms with van der Waals surface area (Å²) < 4.78 is 16.6. The summed E-state index contributed by atoms with van der Waals surface area (Å²) in [4.78, 5) is 24.7. The number of carbonyl (C=O) groups is 2. The van der Waals surface area contributed by atoms with E-state index in [0.717, 1.165) is 0 Å². The van der Waals surface area contributed by atoms with Gasteiger partial charge in [-0.05, 0) is 38.2 Å². The molecule has 7 N–H and O–H groups in total. The lowest BCUT2D eigenvalue weighted by Gasteiger charge is -2.29. The number of aromatic hydroxyl groups is 2. The van der Waals surface area contributed by atoms with Crippen LogP contribution in [-0.2, 0) is 25.4 Å².